The van der Waals surface area contributed by atoms with E-state index in [-0.39, 0.29) is 23.6 Å². The number of aromatic amines is 1. The maximum absolute atomic E-state index is 11.9. The van der Waals surface area contributed by atoms with E-state index in [1.54, 1.807) is 6.07 Å². The Morgan fingerprint density at radius 2 is 2.35 bits per heavy atom. The van der Waals surface area contributed by atoms with E-state index in [1.165, 1.54) is 12.3 Å². The predicted octanol–water partition coefficient (Wildman–Crippen LogP) is 0.245. The summed E-state index contributed by atoms with van der Waals surface area (Å²) in [7, 11) is 0. The molecule has 92 valence electrons. The number of pyridine rings is 1. The minimum absolute atomic E-state index is 0.135. The first-order valence-corrected chi connectivity index (χ1v) is 5.90. The molecule has 5 heteroatoms. The van der Waals surface area contributed by atoms with Crippen LogP contribution < -0.4 is 16.2 Å². The maximum atomic E-state index is 11.9. The summed E-state index contributed by atoms with van der Waals surface area (Å²) in [6.45, 7) is 3.06. The lowest BCUT2D eigenvalue weighted by atomic mass is 9.99. The molecule has 2 atom stereocenters. The van der Waals surface area contributed by atoms with Crippen molar-refractivity contribution >= 4 is 5.91 Å². The highest BCUT2D eigenvalue weighted by molar-refractivity contribution is 5.94. The van der Waals surface area contributed by atoms with Gasteiger partial charge in [0.2, 0.25) is 5.56 Å². The zero-order valence-electron chi connectivity index (χ0n) is 9.82. The third-order valence-electron chi connectivity index (χ3n) is 3.12. The minimum Gasteiger partial charge on any atom is -0.348 e. The van der Waals surface area contributed by atoms with Crippen molar-refractivity contribution in [2.75, 3.05) is 6.54 Å². The Morgan fingerprint density at radius 3 is 3.06 bits per heavy atom. The van der Waals surface area contributed by atoms with Crippen molar-refractivity contribution in [3.05, 3.63) is 34.2 Å². The van der Waals surface area contributed by atoms with Gasteiger partial charge in [-0.3, -0.25) is 9.59 Å². The van der Waals surface area contributed by atoms with Crippen molar-refractivity contribution in [3.63, 3.8) is 0 Å². The molecule has 1 aromatic rings. The van der Waals surface area contributed by atoms with Crippen molar-refractivity contribution in [1.29, 1.82) is 0 Å². The van der Waals surface area contributed by atoms with Crippen molar-refractivity contribution < 1.29 is 4.79 Å². The fourth-order valence-corrected chi connectivity index (χ4v) is 2.08. The van der Waals surface area contributed by atoms with Crippen molar-refractivity contribution in [2.45, 2.75) is 31.8 Å². The molecule has 1 fully saturated rings. The van der Waals surface area contributed by atoms with Crippen LogP contribution in [0.1, 0.15) is 30.1 Å². The summed E-state index contributed by atoms with van der Waals surface area (Å²) in [5.41, 5.74) is 0.152. The Morgan fingerprint density at radius 1 is 1.53 bits per heavy atom. The summed E-state index contributed by atoms with van der Waals surface area (Å²) in [5, 5.41) is 6.28. The van der Waals surface area contributed by atoms with E-state index in [4.69, 9.17) is 0 Å². The van der Waals surface area contributed by atoms with Crippen LogP contribution in [0.15, 0.2) is 23.1 Å². The predicted molar refractivity (Wildman–Crippen MR) is 65.0 cm³/mol. The van der Waals surface area contributed by atoms with E-state index in [0.29, 0.717) is 5.56 Å². The molecule has 1 amide bonds. The summed E-state index contributed by atoms with van der Waals surface area (Å²) >= 11 is 0. The summed E-state index contributed by atoms with van der Waals surface area (Å²) in [5.74, 6) is -0.184. The maximum Gasteiger partial charge on any atom is 0.251 e. The average molecular weight is 235 g/mol. The zero-order valence-corrected chi connectivity index (χ0v) is 9.82. The Kier molecular flexibility index (Phi) is 3.58. The number of aromatic nitrogens is 1. The van der Waals surface area contributed by atoms with Gasteiger partial charge >= 0.3 is 0 Å². The average Bonchev–Trinajstić information content (AvgIpc) is 2.32. The van der Waals surface area contributed by atoms with Crippen LogP contribution in [0, 0.1) is 0 Å². The SMILES string of the molecule is CC1NCCCC1NC(=O)c1cc[nH]c(=O)c1. The van der Waals surface area contributed by atoms with Gasteiger partial charge in [0.15, 0.2) is 0 Å². The zero-order chi connectivity index (χ0) is 12.3. The first-order chi connectivity index (χ1) is 8.16. The smallest absolute Gasteiger partial charge is 0.251 e. The molecule has 1 aliphatic rings. The molecular formula is C12H17N3O2. The van der Waals surface area contributed by atoms with E-state index in [9.17, 15) is 9.59 Å². The molecule has 2 heterocycles. The highest BCUT2D eigenvalue weighted by atomic mass is 16.2. The van der Waals surface area contributed by atoms with Gasteiger partial charge in [-0.15, -0.1) is 0 Å². The summed E-state index contributed by atoms with van der Waals surface area (Å²) in [6, 6.07) is 3.33. The van der Waals surface area contributed by atoms with Gasteiger partial charge in [-0.1, -0.05) is 0 Å². The number of nitrogens with one attached hydrogen (secondary N) is 3. The van der Waals surface area contributed by atoms with Gasteiger partial charge in [0, 0.05) is 29.9 Å². The second-order valence-electron chi connectivity index (χ2n) is 4.41. The lowest BCUT2D eigenvalue weighted by Gasteiger charge is -2.30. The number of hydrogen-bond donors (Lipinski definition) is 3. The minimum atomic E-state index is -0.257. The lowest BCUT2D eigenvalue weighted by molar-refractivity contribution is 0.0919. The van der Waals surface area contributed by atoms with Crippen LogP contribution >= 0.6 is 0 Å². The Balaban J connectivity index is 2.03. The van der Waals surface area contributed by atoms with E-state index >= 15 is 0 Å². The molecule has 0 bridgehead atoms. The molecule has 17 heavy (non-hydrogen) atoms. The Bertz CT molecular complexity index is 455. The third kappa shape index (κ3) is 2.94. The first-order valence-electron chi connectivity index (χ1n) is 5.90. The van der Waals surface area contributed by atoms with Crippen LogP contribution in [0.4, 0.5) is 0 Å². The number of piperidine rings is 1. The standard InChI is InChI=1S/C12H17N3O2/c1-8-10(3-2-5-13-8)15-12(17)9-4-6-14-11(16)7-9/h4,6-8,10,13H,2-3,5H2,1H3,(H,14,16)(H,15,17). The largest absolute Gasteiger partial charge is 0.348 e. The second-order valence-corrected chi connectivity index (χ2v) is 4.41. The molecule has 0 spiro atoms. The van der Waals surface area contributed by atoms with Crippen molar-refractivity contribution in [2.24, 2.45) is 0 Å². The van der Waals surface area contributed by atoms with Gasteiger partial charge in [-0.05, 0) is 32.4 Å². The quantitative estimate of drug-likeness (QED) is 0.687. The number of carbonyl (C=O) groups excluding carboxylic acids is 1. The molecule has 1 aromatic heterocycles. The molecule has 0 aromatic carbocycles. The molecule has 2 unspecified atom stereocenters. The number of amides is 1. The fraction of sp³-hybridized carbons (Fsp3) is 0.500. The fourth-order valence-electron chi connectivity index (χ4n) is 2.08. The number of rotatable bonds is 2. The van der Waals surface area contributed by atoms with Crippen LogP contribution in [0.25, 0.3) is 0 Å². The van der Waals surface area contributed by atoms with Crippen LogP contribution in [-0.4, -0.2) is 29.5 Å². The molecule has 3 N–H and O–H groups in total. The third-order valence-corrected chi connectivity index (χ3v) is 3.12. The number of carbonyl (C=O) groups is 1. The van der Waals surface area contributed by atoms with Crippen LogP contribution in [0.2, 0.25) is 0 Å². The van der Waals surface area contributed by atoms with Gasteiger partial charge in [0.1, 0.15) is 0 Å². The summed E-state index contributed by atoms with van der Waals surface area (Å²) < 4.78 is 0. The topological polar surface area (TPSA) is 74.0 Å². The molecule has 0 radical (unpaired) electrons. The van der Waals surface area contributed by atoms with E-state index in [1.807, 2.05) is 0 Å². The summed E-state index contributed by atoms with van der Waals surface area (Å²) in [4.78, 5) is 25.5. The first kappa shape index (κ1) is 11.9. The van der Waals surface area contributed by atoms with E-state index in [0.717, 1.165) is 19.4 Å². The van der Waals surface area contributed by atoms with Gasteiger partial charge in [-0.25, -0.2) is 0 Å². The second kappa shape index (κ2) is 5.14. The van der Waals surface area contributed by atoms with E-state index in [2.05, 4.69) is 22.5 Å². The Labute approximate surface area is 99.6 Å². The molecule has 1 aliphatic heterocycles. The monoisotopic (exact) mass is 235 g/mol. The number of hydrogen-bond acceptors (Lipinski definition) is 3. The molecular weight excluding hydrogens is 218 g/mol. The van der Waals surface area contributed by atoms with E-state index < -0.39 is 0 Å². The van der Waals surface area contributed by atoms with Crippen LogP contribution in [0.3, 0.4) is 0 Å². The lowest BCUT2D eigenvalue weighted by Crippen LogP contribution is -2.51. The molecule has 1 saturated heterocycles. The number of H-pyrrole nitrogens is 1. The van der Waals surface area contributed by atoms with Crippen molar-refractivity contribution in [1.82, 2.24) is 15.6 Å². The van der Waals surface area contributed by atoms with Gasteiger partial charge in [-0.2, -0.15) is 0 Å². The van der Waals surface area contributed by atoms with Gasteiger partial charge in [0.25, 0.3) is 5.91 Å². The summed E-state index contributed by atoms with van der Waals surface area (Å²) in [6.07, 6.45) is 3.52. The van der Waals surface area contributed by atoms with Crippen LogP contribution in [-0.2, 0) is 0 Å². The van der Waals surface area contributed by atoms with Crippen molar-refractivity contribution in [3.8, 4) is 0 Å². The normalized spacial score (nSPS) is 24.3. The van der Waals surface area contributed by atoms with Gasteiger partial charge < -0.3 is 15.6 Å². The highest BCUT2D eigenvalue weighted by Crippen LogP contribution is 2.09. The highest BCUT2D eigenvalue weighted by Gasteiger charge is 2.22. The molecule has 2 rings (SSSR count). The molecule has 0 saturated carbocycles. The molecule has 0 aliphatic carbocycles. The van der Waals surface area contributed by atoms with Crippen LogP contribution in [0.5, 0.6) is 0 Å². The molecule has 5 nitrogen and oxygen atoms in total. The Hall–Kier alpha value is -1.62. The van der Waals surface area contributed by atoms with Gasteiger partial charge in [0.05, 0.1) is 0 Å².